The van der Waals surface area contributed by atoms with Crippen molar-refractivity contribution in [3.63, 3.8) is 0 Å². The van der Waals surface area contributed by atoms with E-state index in [1.54, 1.807) is 30.3 Å². The molecule has 3 rings (SSSR count). The van der Waals surface area contributed by atoms with E-state index in [2.05, 4.69) is 5.32 Å². The molecule has 25 heavy (non-hydrogen) atoms. The number of halogens is 2. The summed E-state index contributed by atoms with van der Waals surface area (Å²) in [4.78, 5) is 24.3. The third kappa shape index (κ3) is 4.41. The summed E-state index contributed by atoms with van der Waals surface area (Å²) in [6, 6.07) is 11.3. The largest absolute Gasteiger partial charge is 0.423 e. The van der Waals surface area contributed by atoms with E-state index in [1.807, 2.05) is 0 Å². The van der Waals surface area contributed by atoms with Gasteiger partial charge in [0.15, 0.2) is 0 Å². The molecule has 0 aromatic heterocycles. The summed E-state index contributed by atoms with van der Waals surface area (Å²) < 4.78 is 5.73. The Bertz CT molecular complexity index is 911. The fourth-order valence-corrected chi connectivity index (χ4v) is 3.34. The van der Waals surface area contributed by atoms with E-state index in [0.717, 1.165) is 5.56 Å². The first-order valence-electron chi connectivity index (χ1n) is 6.94. The van der Waals surface area contributed by atoms with Crippen LogP contribution in [-0.2, 0) is 4.79 Å². The fourth-order valence-electron chi connectivity index (χ4n) is 1.99. The number of hydrogen-bond donors (Lipinski definition) is 1. The molecule has 1 aliphatic rings. The molecule has 0 spiro atoms. The van der Waals surface area contributed by atoms with Gasteiger partial charge in [0, 0.05) is 0 Å². The molecule has 1 heterocycles. The number of thioether (sulfide) groups is 1. The highest BCUT2D eigenvalue weighted by Gasteiger charge is 2.21. The number of nitrogens with one attached hydrogen (secondary N) is 1. The van der Waals surface area contributed by atoms with E-state index in [4.69, 9.17) is 40.2 Å². The van der Waals surface area contributed by atoms with Crippen molar-refractivity contribution in [2.45, 2.75) is 0 Å². The van der Waals surface area contributed by atoms with Crippen LogP contribution in [0.5, 0.6) is 5.75 Å². The molecule has 2 aromatic carbocycles. The molecule has 2 aromatic rings. The predicted octanol–water partition coefficient (Wildman–Crippen LogP) is 4.70. The molecule has 0 bridgehead atoms. The van der Waals surface area contributed by atoms with Crippen molar-refractivity contribution >= 4 is 69.5 Å². The van der Waals surface area contributed by atoms with Crippen LogP contribution in [0.2, 0.25) is 10.0 Å². The molecule has 1 N–H and O–H groups in total. The molecule has 8 heteroatoms. The molecule has 1 fully saturated rings. The van der Waals surface area contributed by atoms with Crippen molar-refractivity contribution in [1.29, 1.82) is 0 Å². The molecular formula is C17H9Cl2NO3S2. The SMILES string of the molecule is O=C1NC(=S)SC1=Cc1ccc(OC(=O)c2ccc(Cl)c(Cl)c2)cc1. The van der Waals surface area contributed by atoms with Crippen LogP contribution in [0, 0.1) is 0 Å². The van der Waals surface area contributed by atoms with Crippen LogP contribution in [0.3, 0.4) is 0 Å². The van der Waals surface area contributed by atoms with E-state index in [9.17, 15) is 9.59 Å². The van der Waals surface area contributed by atoms with Crippen LogP contribution in [0.1, 0.15) is 15.9 Å². The monoisotopic (exact) mass is 409 g/mol. The van der Waals surface area contributed by atoms with Crippen LogP contribution >= 0.6 is 47.2 Å². The van der Waals surface area contributed by atoms with Crippen LogP contribution in [0.4, 0.5) is 0 Å². The highest BCUT2D eigenvalue weighted by molar-refractivity contribution is 8.26. The lowest BCUT2D eigenvalue weighted by Crippen LogP contribution is -2.17. The van der Waals surface area contributed by atoms with Gasteiger partial charge in [0.05, 0.1) is 20.5 Å². The Morgan fingerprint density at radius 3 is 2.44 bits per heavy atom. The van der Waals surface area contributed by atoms with Gasteiger partial charge < -0.3 is 10.1 Å². The van der Waals surface area contributed by atoms with Crippen LogP contribution in [-0.4, -0.2) is 16.2 Å². The zero-order valence-electron chi connectivity index (χ0n) is 12.4. The number of amides is 1. The summed E-state index contributed by atoms with van der Waals surface area (Å²) in [5.74, 6) is -0.386. The molecule has 0 radical (unpaired) electrons. The topological polar surface area (TPSA) is 55.4 Å². The first-order valence-corrected chi connectivity index (χ1v) is 8.92. The molecular weight excluding hydrogens is 401 g/mol. The first kappa shape index (κ1) is 17.9. The number of thiocarbonyl (C=S) groups is 1. The second-order valence-corrected chi connectivity index (χ2v) is 7.47. The van der Waals surface area contributed by atoms with Gasteiger partial charge in [-0.1, -0.05) is 59.3 Å². The standard InChI is InChI=1S/C17H9Cl2NO3S2/c18-12-6-3-10(8-13(12)19)16(22)23-11-4-1-9(2-5-11)7-14-15(21)20-17(24)25-14/h1-8H,(H,20,21,24). The Morgan fingerprint density at radius 1 is 1.12 bits per heavy atom. The normalized spacial score (nSPS) is 15.4. The summed E-state index contributed by atoms with van der Waals surface area (Å²) in [5, 5.41) is 3.19. The molecule has 0 unspecified atom stereocenters. The average Bonchev–Trinajstić information content (AvgIpc) is 2.89. The number of esters is 1. The van der Waals surface area contributed by atoms with Crippen molar-refractivity contribution < 1.29 is 14.3 Å². The second-order valence-electron chi connectivity index (χ2n) is 4.94. The molecule has 4 nitrogen and oxygen atoms in total. The quantitative estimate of drug-likeness (QED) is 0.344. The lowest BCUT2D eigenvalue weighted by molar-refractivity contribution is -0.115. The zero-order chi connectivity index (χ0) is 18.0. The van der Waals surface area contributed by atoms with Gasteiger partial charge in [-0.3, -0.25) is 4.79 Å². The molecule has 1 amide bonds. The Kier molecular flexibility index (Phi) is 5.44. The van der Waals surface area contributed by atoms with E-state index in [1.165, 1.54) is 30.0 Å². The van der Waals surface area contributed by atoms with Gasteiger partial charge in [-0.05, 0) is 42.0 Å². The second kappa shape index (κ2) is 7.58. The lowest BCUT2D eigenvalue weighted by atomic mass is 10.2. The third-order valence-electron chi connectivity index (χ3n) is 3.19. The van der Waals surface area contributed by atoms with Gasteiger partial charge in [-0.15, -0.1) is 0 Å². The van der Waals surface area contributed by atoms with E-state index < -0.39 is 5.97 Å². The molecule has 0 atom stereocenters. The molecule has 0 aliphatic carbocycles. The molecule has 1 saturated heterocycles. The van der Waals surface area contributed by atoms with Gasteiger partial charge in [0.25, 0.3) is 5.91 Å². The Hall–Kier alpha value is -1.86. The van der Waals surface area contributed by atoms with Crippen LogP contribution < -0.4 is 10.1 Å². The Morgan fingerprint density at radius 2 is 1.84 bits per heavy atom. The molecule has 1 aliphatic heterocycles. The number of carbonyl (C=O) groups excluding carboxylic acids is 2. The summed E-state index contributed by atoms with van der Waals surface area (Å²) in [7, 11) is 0. The predicted molar refractivity (Wildman–Crippen MR) is 104 cm³/mol. The minimum absolute atomic E-state index is 0.217. The maximum atomic E-state index is 12.1. The fraction of sp³-hybridized carbons (Fsp3) is 0. The minimum atomic E-state index is -0.541. The summed E-state index contributed by atoms with van der Waals surface area (Å²) >= 11 is 17.9. The Balaban J connectivity index is 1.71. The number of hydrogen-bond acceptors (Lipinski definition) is 5. The highest BCUT2D eigenvalue weighted by atomic mass is 35.5. The van der Waals surface area contributed by atoms with Crippen molar-refractivity contribution in [3.8, 4) is 5.75 Å². The van der Waals surface area contributed by atoms with E-state index >= 15 is 0 Å². The maximum Gasteiger partial charge on any atom is 0.343 e. The van der Waals surface area contributed by atoms with Gasteiger partial charge >= 0.3 is 5.97 Å². The number of rotatable bonds is 3. The van der Waals surface area contributed by atoms with Crippen LogP contribution in [0.15, 0.2) is 47.4 Å². The van der Waals surface area contributed by atoms with Gasteiger partial charge in [0.1, 0.15) is 10.1 Å². The lowest BCUT2D eigenvalue weighted by Gasteiger charge is -2.06. The summed E-state index contributed by atoms with van der Waals surface area (Å²) in [5.41, 5.74) is 1.09. The van der Waals surface area contributed by atoms with Crippen molar-refractivity contribution in [2.75, 3.05) is 0 Å². The van der Waals surface area contributed by atoms with Crippen molar-refractivity contribution in [1.82, 2.24) is 5.32 Å². The maximum absolute atomic E-state index is 12.1. The average molecular weight is 410 g/mol. The van der Waals surface area contributed by atoms with Gasteiger partial charge in [-0.25, -0.2) is 4.79 Å². The summed E-state index contributed by atoms with van der Waals surface area (Å²) in [6.45, 7) is 0. The first-order chi connectivity index (χ1) is 11.9. The van der Waals surface area contributed by atoms with Crippen molar-refractivity contribution in [3.05, 3.63) is 68.5 Å². The van der Waals surface area contributed by atoms with E-state index in [0.29, 0.717) is 25.6 Å². The molecule has 126 valence electrons. The number of benzene rings is 2. The van der Waals surface area contributed by atoms with Gasteiger partial charge in [-0.2, -0.15) is 0 Å². The summed E-state index contributed by atoms with van der Waals surface area (Å²) in [6.07, 6.45) is 1.71. The molecule has 0 saturated carbocycles. The number of ether oxygens (including phenoxy) is 1. The highest BCUT2D eigenvalue weighted by Crippen LogP contribution is 2.27. The Labute approximate surface area is 163 Å². The van der Waals surface area contributed by atoms with E-state index in [-0.39, 0.29) is 10.9 Å². The van der Waals surface area contributed by atoms with Gasteiger partial charge in [0.2, 0.25) is 0 Å². The third-order valence-corrected chi connectivity index (χ3v) is 5.09. The smallest absolute Gasteiger partial charge is 0.343 e. The minimum Gasteiger partial charge on any atom is -0.423 e. The van der Waals surface area contributed by atoms with Crippen LogP contribution in [0.25, 0.3) is 6.08 Å². The zero-order valence-corrected chi connectivity index (χ0v) is 15.6. The number of carbonyl (C=O) groups is 2. The van der Waals surface area contributed by atoms with Crippen molar-refractivity contribution in [2.24, 2.45) is 0 Å².